The molecular formula is C10H11Cl3N2O. The summed E-state index contributed by atoms with van der Waals surface area (Å²) in [6.45, 7) is 0.678. The molecule has 0 fully saturated rings. The Morgan fingerprint density at radius 3 is 2.44 bits per heavy atom. The third kappa shape index (κ3) is 4.31. The smallest absolute Gasteiger partial charge is 0.294 e. The first-order chi connectivity index (χ1) is 6.84. The highest BCUT2D eigenvalue weighted by Gasteiger charge is 1.96. The predicted octanol–water partition coefficient (Wildman–Crippen LogP) is 3.78. The highest BCUT2D eigenvalue weighted by molar-refractivity contribution is 6.30. The molecular weight excluding hydrogens is 270 g/mol. The van der Waals surface area contributed by atoms with Crippen LogP contribution in [-0.2, 0) is 6.54 Å². The van der Waals surface area contributed by atoms with E-state index >= 15 is 0 Å². The molecule has 0 aliphatic heterocycles. The van der Waals surface area contributed by atoms with Gasteiger partial charge >= 0.3 is 0 Å². The molecule has 0 unspecified atom stereocenters. The van der Waals surface area contributed by atoms with Crippen molar-refractivity contribution >= 4 is 42.4 Å². The van der Waals surface area contributed by atoms with Gasteiger partial charge in [-0.05, 0) is 17.7 Å². The van der Waals surface area contributed by atoms with E-state index in [4.69, 9.17) is 16.0 Å². The van der Waals surface area contributed by atoms with Crippen LogP contribution < -0.4 is 5.32 Å². The van der Waals surface area contributed by atoms with Crippen molar-refractivity contribution in [2.45, 2.75) is 6.54 Å². The van der Waals surface area contributed by atoms with Crippen LogP contribution in [0.1, 0.15) is 5.56 Å². The van der Waals surface area contributed by atoms with Crippen LogP contribution in [-0.4, -0.2) is 4.98 Å². The van der Waals surface area contributed by atoms with Gasteiger partial charge in [-0.15, -0.1) is 24.8 Å². The molecule has 1 aromatic heterocycles. The molecule has 16 heavy (non-hydrogen) atoms. The maximum absolute atomic E-state index is 5.76. The first-order valence-corrected chi connectivity index (χ1v) is 4.60. The Kier molecular flexibility index (Phi) is 6.97. The minimum Gasteiger partial charge on any atom is -0.432 e. The summed E-state index contributed by atoms with van der Waals surface area (Å²) in [5.41, 5.74) is 1.13. The normalized spacial score (nSPS) is 8.81. The number of aromatic nitrogens is 1. The van der Waals surface area contributed by atoms with Gasteiger partial charge in [-0.1, -0.05) is 23.7 Å². The fourth-order valence-electron chi connectivity index (χ4n) is 1.09. The Hall–Kier alpha value is -0.900. The second-order valence-corrected chi connectivity index (χ2v) is 3.25. The lowest BCUT2D eigenvalue weighted by molar-refractivity contribution is 0.571. The Balaban J connectivity index is 0.00000112. The summed E-state index contributed by atoms with van der Waals surface area (Å²) in [6, 6.07) is 8.15. The van der Waals surface area contributed by atoms with Gasteiger partial charge in [0.05, 0.1) is 6.20 Å². The van der Waals surface area contributed by atoms with Crippen molar-refractivity contribution in [2.75, 3.05) is 5.32 Å². The van der Waals surface area contributed by atoms with Gasteiger partial charge in [0.25, 0.3) is 6.01 Å². The molecule has 1 N–H and O–H groups in total. The predicted molar refractivity (Wildman–Crippen MR) is 69.8 cm³/mol. The summed E-state index contributed by atoms with van der Waals surface area (Å²) in [5.74, 6) is 0. The van der Waals surface area contributed by atoms with Crippen LogP contribution in [0.25, 0.3) is 0 Å². The SMILES string of the molecule is Cl.Cl.Clc1ccc(CNc2ncco2)cc1. The molecule has 0 spiro atoms. The maximum Gasteiger partial charge on any atom is 0.294 e. The highest BCUT2D eigenvalue weighted by Crippen LogP contribution is 2.11. The maximum atomic E-state index is 5.76. The van der Waals surface area contributed by atoms with Gasteiger partial charge in [0.1, 0.15) is 6.26 Å². The molecule has 0 aliphatic carbocycles. The van der Waals surface area contributed by atoms with Crippen molar-refractivity contribution in [1.29, 1.82) is 0 Å². The summed E-state index contributed by atoms with van der Waals surface area (Å²) in [7, 11) is 0. The van der Waals surface area contributed by atoms with E-state index in [1.165, 1.54) is 6.26 Å². The highest BCUT2D eigenvalue weighted by atomic mass is 35.5. The summed E-state index contributed by atoms with van der Waals surface area (Å²) in [4.78, 5) is 3.95. The molecule has 0 aliphatic rings. The topological polar surface area (TPSA) is 38.1 Å². The van der Waals surface area contributed by atoms with Crippen molar-refractivity contribution in [3.8, 4) is 0 Å². The molecule has 1 heterocycles. The zero-order valence-corrected chi connectivity index (χ0v) is 10.6. The third-order valence-electron chi connectivity index (χ3n) is 1.79. The van der Waals surface area contributed by atoms with Crippen LogP contribution in [0.4, 0.5) is 6.01 Å². The van der Waals surface area contributed by atoms with E-state index in [0.717, 1.165) is 10.6 Å². The Bertz CT molecular complexity index is 389. The quantitative estimate of drug-likeness (QED) is 0.930. The van der Waals surface area contributed by atoms with Crippen LogP contribution in [0.15, 0.2) is 41.1 Å². The number of halogens is 3. The van der Waals surface area contributed by atoms with Crippen LogP contribution in [0.3, 0.4) is 0 Å². The van der Waals surface area contributed by atoms with Crippen molar-refractivity contribution < 1.29 is 4.42 Å². The van der Waals surface area contributed by atoms with E-state index in [0.29, 0.717) is 12.6 Å². The van der Waals surface area contributed by atoms with Gasteiger partial charge in [-0.2, -0.15) is 0 Å². The van der Waals surface area contributed by atoms with E-state index in [-0.39, 0.29) is 24.8 Å². The number of anilines is 1. The molecule has 88 valence electrons. The van der Waals surface area contributed by atoms with Gasteiger partial charge < -0.3 is 9.73 Å². The number of hydrogen-bond acceptors (Lipinski definition) is 3. The fourth-order valence-corrected chi connectivity index (χ4v) is 1.22. The first kappa shape index (κ1) is 15.1. The van der Waals surface area contributed by atoms with E-state index < -0.39 is 0 Å². The lowest BCUT2D eigenvalue weighted by Crippen LogP contribution is -1.98. The third-order valence-corrected chi connectivity index (χ3v) is 2.04. The van der Waals surface area contributed by atoms with Gasteiger partial charge in [-0.3, -0.25) is 0 Å². The number of rotatable bonds is 3. The van der Waals surface area contributed by atoms with Crippen LogP contribution in [0, 0.1) is 0 Å². The van der Waals surface area contributed by atoms with E-state index in [1.54, 1.807) is 6.20 Å². The molecule has 0 saturated carbocycles. The second kappa shape index (κ2) is 7.39. The number of benzene rings is 1. The monoisotopic (exact) mass is 280 g/mol. The lowest BCUT2D eigenvalue weighted by Gasteiger charge is -2.01. The number of nitrogens with zero attached hydrogens (tertiary/aromatic N) is 1. The molecule has 0 amide bonds. The van der Waals surface area contributed by atoms with Crippen molar-refractivity contribution in [3.05, 3.63) is 47.3 Å². The fraction of sp³-hybridized carbons (Fsp3) is 0.100. The molecule has 2 aromatic rings. The number of oxazole rings is 1. The van der Waals surface area contributed by atoms with Crippen LogP contribution in [0.5, 0.6) is 0 Å². The van der Waals surface area contributed by atoms with Gasteiger partial charge in [0.15, 0.2) is 0 Å². The molecule has 0 radical (unpaired) electrons. The Morgan fingerprint density at radius 1 is 1.19 bits per heavy atom. The van der Waals surface area contributed by atoms with Crippen LogP contribution >= 0.6 is 36.4 Å². The Labute approximate surface area is 111 Å². The summed E-state index contributed by atoms with van der Waals surface area (Å²) in [5, 5.41) is 3.78. The molecule has 0 saturated heterocycles. The summed E-state index contributed by atoms with van der Waals surface area (Å²) in [6.07, 6.45) is 3.13. The second-order valence-electron chi connectivity index (χ2n) is 2.82. The standard InChI is InChI=1S/C10H9ClN2O.2ClH/c11-9-3-1-8(2-4-9)7-13-10-12-5-6-14-10;;/h1-6H,7H2,(H,12,13);2*1H. The molecule has 1 aromatic carbocycles. The average molecular weight is 282 g/mol. The molecule has 0 bridgehead atoms. The van der Waals surface area contributed by atoms with E-state index in [1.807, 2.05) is 24.3 Å². The molecule has 6 heteroatoms. The largest absolute Gasteiger partial charge is 0.432 e. The zero-order valence-electron chi connectivity index (χ0n) is 8.22. The van der Waals surface area contributed by atoms with Crippen molar-refractivity contribution in [3.63, 3.8) is 0 Å². The zero-order chi connectivity index (χ0) is 9.80. The number of hydrogen-bond donors (Lipinski definition) is 1. The summed E-state index contributed by atoms with van der Waals surface area (Å²) < 4.78 is 5.03. The van der Waals surface area contributed by atoms with Crippen molar-refractivity contribution in [2.24, 2.45) is 0 Å². The number of nitrogens with one attached hydrogen (secondary N) is 1. The molecule has 0 atom stereocenters. The van der Waals surface area contributed by atoms with E-state index in [9.17, 15) is 0 Å². The van der Waals surface area contributed by atoms with Gasteiger partial charge in [0.2, 0.25) is 0 Å². The minimum atomic E-state index is 0. The van der Waals surface area contributed by atoms with Crippen molar-refractivity contribution in [1.82, 2.24) is 4.98 Å². The minimum absolute atomic E-state index is 0. The Morgan fingerprint density at radius 2 is 1.88 bits per heavy atom. The summed E-state index contributed by atoms with van der Waals surface area (Å²) >= 11 is 5.76. The molecule has 3 nitrogen and oxygen atoms in total. The lowest BCUT2D eigenvalue weighted by atomic mass is 10.2. The van der Waals surface area contributed by atoms with Gasteiger partial charge in [-0.25, -0.2) is 4.98 Å². The first-order valence-electron chi connectivity index (χ1n) is 4.22. The van der Waals surface area contributed by atoms with E-state index in [2.05, 4.69) is 10.3 Å². The molecule has 2 rings (SSSR count). The van der Waals surface area contributed by atoms with Crippen LogP contribution in [0.2, 0.25) is 5.02 Å². The average Bonchev–Trinajstić information content (AvgIpc) is 2.70. The van der Waals surface area contributed by atoms with Gasteiger partial charge in [0, 0.05) is 11.6 Å².